The van der Waals surface area contributed by atoms with Crippen molar-refractivity contribution in [1.29, 1.82) is 0 Å². The summed E-state index contributed by atoms with van der Waals surface area (Å²) in [5.74, 6) is -0.896. The minimum Gasteiger partial charge on any atom is -0.487 e. The second kappa shape index (κ2) is 9.29. The molecule has 8 nitrogen and oxygen atoms in total. The number of rotatable bonds is 6. The van der Waals surface area contributed by atoms with E-state index in [9.17, 15) is 17.6 Å². The third-order valence-corrected chi connectivity index (χ3v) is 7.21. The summed E-state index contributed by atoms with van der Waals surface area (Å²) in [5, 5.41) is 0. The van der Waals surface area contributed by atoms with E-state index in [0.29, 0.717) is 32.1 Å². The van der Waals surface area contributed by atoms with Gasteiger partial charge in [0.25, 0.3) is 0 Å². The summed E-state index contributed by atoms with van der Waals surface area (Å²) in [4.78, 5) is 18.8. The lowest BCUT2D eigenvalue weighted by molar-refractivity contribution is -0.138. The van der Waals surface area contributed by atoms with Crippen molar-refractivity contribution in [3.63, 3.8) is 0 Å². The molecule has 166 valence electrons. The van der Waals surface area contributed by atoms with Gasteiger partial charge in [0.1, 0.15) is 23.7 Å². The Balaban J connectivity index is 1.58. The normalized spacial score (nSPS) is 22.4. The number of aromatic nitrogens is 1. The van der Waals surface area contributed by atoms with Gasteiger partial charge in [0.05, 0.1) is 31.7 Å². The fourth-order valence-corrected chi connectivity index (χ4v) is 5.63. The van der Waals surface area contributed by atoms with E-state index in [1.807, 2.05) is 0 Å². The maximum Gasteiger partial charge on any atom is 0.241 e. The van der Waals surface area contributed by atoms with Crippen LogP contribution < -0.4 is 4.74 Å². The lowest BCUT2D eigenvalue weighted by atomic mass is 10.1. The maximum absolute atomic E-state index is 14.1. The van der Waals surface area contributed by atoms with Gasteiger partial charge in [-0.3, -0.25) is 9.78 Å². The van der Waals surface area contributed by atoms with E-state index < -0.39 is 33.7 Å². The predicted molar refractivity (Wildman–Crippen MR) is 110 cm³/mol. The van der Waals surface area contributed by atoms with E-state index in [1.54, 1.807) is 29.3 Å². The average Bonchev–Trinajstić information content (AvgIpc) is 3.21. The van der Waals surface area contributed by atoms with Gasteiger partial charge in [-0.1, -0.05) is 18.2 Å². The van der Waals surface area contributed by atoms with Gasteiger partial charge in [0.2, 0.25) is 15.9 Å². The molecule has 3 heterocycles. The number of amides is 1. The Hall–Kier alpha value is -2.56. The number of morpholine rings is 1. The van der Waals surface area contributed by atoms with Gasteiger partial charge in [-0.05, 0) is 18.2 Å². The number of hydrogen-bond donors (Lipinski definition) is 0. The fraction of sp³-hybridized carbons (Fsp3) is 0.429. The summed E-state index contributed by atoms with van der Waals surface area (Å²) in [6, 6.07) is 8.28. The van der Waals surface area contributed by atoms with E-state index in [0.717, 1.165) is 4.31 Å². The Morgan fingerprint density at radius 3 is 2.68 bits per heavy atom. The van der Waals surface area contributed by atoms with Gasteiger partial charge in [-0.15, -0.1) is 0 Å². The van der Waals surface area contributed by atoms with E-state index in [-0.39, 0.29) is 24.4 Å². The molecule has 1 aromatic carbocycles. The van der Waals surface area contributed by atoms with Gasteiger partial charge < -0.3 is 14.4 Å². The van der Waals surface area contributed by atoms with Crippen LogP contribution in [0.3, 0.4) is 0 Å². The zero-order chi connectivity index (χ0) is 21.8. The molecule has 10 heteroatoms. The molecule has 0 unspecified atom stereocenters. The molecule has 0 radical (unpaired) electrons. The fourth-order valence-electron chi connectivity index (χ4n) is 3.88. The first-order valence-corrected chi connectivity index (χ1v) is 11.7. The lowest BCUT2D eigenvalue weighted by Crippen LogP contribution is -2.51. The summed E-state index contributed by atoms with van der Waals surface area (Å²) in [5.41, 5.74) is 0.0664. The van der Waals surface area contributed by atoms with E-state index in [4.69, 9.17) is 9.47 Å². The highest BCUT2D eigenvalue weighted by Crippen LogP contribution is 2.29. The molecule has 0 bridgehead atoms. The topological polar surface area (TPSA) is 89.0 Å². The molecule has 0 N–H and O–H groups in total. The third-order valence-electron chi connectivity index (χ3n) is 5.42. The first-order valence-electron chi connectivity index (χ1n) is 10.1. The minimum atomic E-state index is -3.97. The molecular formula is C21H24FN3O5S. The summed E-state index contributed by atoms with van der Waals surface area (Å²) in [6.45, 7) is 1.65. The number of sulfonamides is 1. The van der Waals surface area contributed by atoms with E-state index in [1.165, 1.54) is 24.4 Å². The highest BCUT2D eigenvalue weighted by atomic mass is 32.2. The molecule has 2 fully saturated rings. The minimum absolute atomic E-state index is 0.00638. The quantitative estimate of drug-likeness (QED) is 0.663. The number of benzene rings is 1. The molecule has 31 heavy (non-hydrogen) atoms. The molecule has 0 saturated carbocycles. The molecule has 4 rings (SSSR count). The van der Waals surface area contributed by atoms with E-state index in [2.05, 4.69) is 4.98 Å². The Morgan fingerprint density at radius 2 is 1.97 bits per heavy atom. The summed E-state index contributed by atoms with van der Waals surface area (Å²) in [6.07, 6.45) is 2.84. The second-order valence-corrected chi connectivity index (χ2v) is 9.46. The number of halogens is 1. The van der Waals surface area contributed by atoms with Crippen molar-refractivity contribution < 1.29 is 27.1 Å². The van der Waals surface area contributed by atoms with Crippen LogP contribution in [0.1, 0.15) is 12.0 Å². The van der Waals surface area contributed by atoms with Crippen LogP contribution in [0.2, 0.25) is 0 Å². The van der Waals surface area contributed by atoms with Crippen LogP contribution in [0.4, 0.5) is 4.39 Å². The first kappa shape index (κ1) is 21.7. The number of ether oxygens (including phenoxy) is 2. The number of nitrogens with zero attached hydrogens (tertiary/aromatic N) is 3. The second-order valence-electron chi connectivity index (χ2n) is 7.54. The number of carbonyl (C=O) groups is 1. The average molecular weight is 450 g/mol. The smallest absolute Gasteiger partial charge is 0.241 e. The molecule has 2 atom stereocenters. The van der Waals surface area contributed by atoms with Gasteiger partial charge in [0, 0.05) is 31.3 Å². The summed E-state index contributed by atoms with van der Waals surface area (Å²) in [7, 11) is -3.97. The van der Waals surface area contributed by atoms with Crippen molar-refractivity contribution in [2.24, 2.45) is 0 Å². The molecular weight excluding hydrogens is 425 g/mol. The number of carbonyl (C=O) groups excluding carboxylic acids is 1. The van der Waals surface area contributed by atoms with Crippen LogP contribution in [-0.4, -0.2) is 73.5 Å². The Bertz CT molecular complexity index is 1010. The predicted octanol–water partition coefficient (Wildman–Crippen LogP) is 1.43. The zero-order valence-corrected chi connectivity index (χ0v) is 17.7. The molecule has 1 amide bonds. The van der Waals surface area contributed by atoms with Crippen molar-refractivity contribution in [2.75, 3.05) is 32.8 Å². The molecule has 2 aromatic rings. The lowest BCUT2D eigenvalue weighted by Gasteiger charge is -2.32. The van der Waals surface area contributed by atoms with Crippen molar-refractivity contribution in [1.82, 2.24) is 14.2 Å². The van der Waals surface area contributed by atoms with Crippen molar-refractivity contribution in [3.05, 3.63) is 60.2 Å². The Morgan fingerprint density at radius 1 is 1.19 bits per heavy atom. The van der Waals surface area contributed by atoms with Gasteiger partial charge in [0.15, 0.2) is 0 Å². The van der Waals surface area contributed by atoms with Crippen LogP contribution >= 0.6 is 0 Å². The van der Waals surface area contributed by atoms with Crippen molar-refractivity contribution in [3.8, 4) is 5.75 Å². The van der Waals surface area contributed by atoms with Crippen molar-refractivity contribution >= 4 is 15.9 Å². The van der Waals surface area contributed by atoms with Crippen LogP contribution in [-0.2, 0) is 25.3 Å². The standard InChI is InChI=1S/C21H24FN3O5S/c22-19-6-2-1-4-16(19)15-31(27,28)25-14-18(30-17-5-3-7-23-13-17)12-20(25)21(26)24-8-10-29-11-9-24/h1-7,13,18,20H,8-12,14-15H2/t18-,20+/m0/s1. The monoisotopic (exact) mass is 449 g/mol. The Kier molecular flexibility index (Phi) is 6.49. The van der Waals surface area contributed by atoms with Gasteiger partial charge in [-0.25, -0.2) is 12.8 Å². The molecule has 2 aliphatic rings. The van der Waals surface area contributed by atoms with Crippen LogP contribution in [0.15, 0.2) is 48.8 Å². The Labute approximate surface area is 180 Å². The van der Waals surface area contributed by atoms with Crippen molar-refractivity contribution in [2.45, 2.75) is 24.3 Å². The highest BCUT2D eigenvalue weighted by molar-refractivity contribution is 7.88. The molecule has 0 spiro atoms. The number of pyridine rings is 1. The maximum atomic E-state index is 14.1. The summed E-state index contributed by atoms with van der Waals surface area (Å²) < 4.78 is 53.0. The largest absolute Gasteiger partial charge is 0.487 e. The van der Waals surface area contributed by atoms with E-state index >= 15 is 0 Å². The number of hydrogen-bond acceptors (Lipinski definition) is 6. The molecule has 2 saturated heterocycles. The molecule has 2 aliphatic heterocycles. The molecule has 0 aliphatic carbocycles. The van der Waals surface area contributed by atoms with Crippen LogP contribution in [0, 0.1) is 5.82 Å². The molecule has 1 aromatic heterocycles. The van der Waals surface area contributed by atoms with Crippen LogP contribution in [0.25, 0.3) is 0 Å². The zero-order valence-electron chi connectivity index (χ0n) is 16.9. The highest BCUT2D eigenvalue weighted by Gasteiger charge is 2.46. The van der Waals surface area contributed by atoms with Gasteiger partial charge >= 0.3 is 0 Å². The van der Waals surface area contributed by atoms with Gasteiger partial charge in [-0.2, -0.15) is 4.31 Å². The first-order chi connectivity index (χ1) is 14.9. The SMILES string of the molecule is O=C([C@H]1C[C@H](Oc2cccnc2)CN1S(=O)(=O)Cc1ccccc1F)N1CCOCC1. The third kappa shape index (κ3) is 5.03. The van der Waals surface area contributed by atoms with Crippen LogP contribution in [0.5, 0.6) is 5.75 Å². The summed E-state index contributed by atoms with van der Waals surface area (Å²) >= 11 is 0.